The summed E-state index contributed by atoms with van der Waals surface area (Å²) in [5.74, 6) is -2.15. The average molecular weight is 1040 g/mol. The van der Waals surface area contributed by atoms with Crippen molar-refractivity contribution in [1.29, 1.82) is 0 Å². The van der Waals surface area contributed by atoms with Crippen LogP contribution >= 0.6 is 0 Å². The molecule has 4 bridgehead atoms. The van der Waals surface area contributed by atoms with Crippen molar-refractivity contribution in [1.82, 2.24) is 8.47 Å². The second-order valence-corrected chi connectivity index (χ2v) is 26.7. The number of amidine groups is 3. The molecule has 0 radical (unpaired) electrons. The summed E-state index contributed by atoms with van der Waals surface area (Å²) in [6, 6.07) is 23.9. The van der Waals surface area contributed by atoms with Crippen LogP contribution < -0.4 is 11.0 Å². The quantitative estimate of drug-likeness (QED) is 0.0814. The van der Waals surface area contributed by atoms with Crippen molar-refractivity contribution >= 4 is 88.9 Å². The number of aliphatic imine (C=N–C) groups is 3. The number of fused-ring (bicyclic) bond motifs is 15. The first-order valence-corrected chi connectivity index (χ1v) is 27.4. The van der Waals surface area contributed by atoms with Crippen LogP contribution in [-0.2, 0) is 59.5 Å². The van der Waals surface area contributed by atoms with E-state index in [2.05, 4.69) is 95.2 Å². The van der Waals surface area contributed by atoms with E-state index in [0.29, 0.717) is 55.5 Å². The molecule has 76 heavy (non-hydrogen) atoms. The van der Waals surface area contributed by atoms with Gasteiger partial charge in [-0.25, -0.2) is 25.0 Å². The number of esters is 3. The Balaban J connectivity index is 1.49. The monoisotopic (exact) mass is 1040 g/mol. The highest BCUT2D eigenvalue weighted by Crippen LogP contribution is 2.48. The molecular weight excluding hydrogens is 977 g/mol. The lowest BCUT2D eigenvalue weighted by Gasteiger charge is -2.40. The number of aromatic nitrogens is 2. The smallest absolute Gasteiger partial charge is 0.460 e. The van der Waals surface area contributed by atoms with Crippen LogP contribution in [0.25, 0.3) is 33.0 Å². The summed E-state index contributed by atoms with van der Waals surface area (Å²) in [5, 5.41) is 1.93. The molecule has 17 heteroatoms. The number of rotatable bonds is 8. The summed E-state index contributed by atoms with van der Waals surface area (Å²) < 4.78 is 27.5. The number of hydrogen-bond acceptors (Lipinski definition) is 13. The first kappa shape index (κ1) is 51.7. The molecule has 1 N–H and O–H groups in total. The molecule has 1 atom stereocenters. The number of benzene rings is 4. The molecule has 0 saturated carbocycles. The first-order chi connectivity index (χ1) is 35.6. The van der Waals surface area contributed by atoms with Crippen LogP contribution in [-0.4, -0.2) is 72.7 Å². The van der Waals surface area contributed by atoms with Gasteiger partial charge in [0, 0.05) is 38.4 Å². The normalized spacial score (nSPS) is 18.3. The van der Waals surface area contributed by atoms with Gasteiger partial charge in [0.05, 0.1) is 45.7 Å². The zero-order valence-electron chi connectivity index (χ0n) is 45.7. The van der Waals surface area contributed by atoms with Crippen LogP contribution in [0.3, 0.4) is 0 Å². The molecule has 16 nitrogen and oxygen atoms in total. The summed E-state index contributed by atoms with van der Waals surface area (Å²) in [5.41, 5.74) is 16.3. The van der Waals surface area contributed by atoms with E-state index in [4.69, 9.17) is 43.6 Å². The second kappa shape index (κ2) is 17.9. The highest BCUT2D eigenvalue weighted by molar-refractivity contribution is 6.81. The molecule has 6 aromatic rings. The summed E-state index contributed by atoms with van der Waals surface area (Å²) in [6.07, 6.45) is -1.62. The van der Waals surface area contributed by atoms with E-state index in [-0.39, 0.29) is 74.0 Å². The van der Waals surface area contributed by atoms with Gasteiger partial charge in [-0.15, -0.1) is 0 Å². The molecule has 6 heterocycles. The summed E-state index contributed by atoms with van der Waals surface area (Å²) in [4.78, 5) is 83.1. The Bertz CT molecular complexity index is 3830. The molecule has 0 saturated heterocycles. The minimum Gasteiger partial charge on any atom is -0.493 e. The molecular formula is C59H63N8O8Si-. The molecule has 1 unspecified atom stereocenters. The largest absolute Gasteiger partial charge is 0.493 e. The third-order valence-corrected chi connectivity index (χ3v) is 18.0. The minimum atomic E-state index is -5.36. The molecule has 4 aliphatic rings. The maximum absolute atomic E-state index is 15.4. The Hall–Kier alpha value is -7.79. The molecule has 4 aromatic carbocycles. The van der Waals surface area contributed by atoms with Gasteiger partial charge in [-0.2, -0.15) is 0 Å². The zero-order valence-corrected chi connectivity index (χ0v) is 46.7. The minimum absolute atomic E-state index is 0.111. The van der Waals surface area contributed by atoms with Gasteiger partial charge in [-0.1, -0.05) is 144 Å². The Morgan fingerprint density at radius 2 is 0.921 bits per heavy atom. The number of nitrogens with one attached hydrogen (secondary N) is 1. The van der Waals surface area contributed by atoms with Crippen LogP contribution in [0.5, 0.6) is 0 Å². The fourth-order valence-electron chi connectivity index (χ4n) is 10.1. The molecule has 10 rings (SSSR count). The zero-order chi connectivity index (χ0) is 54.8. The van der Waals surface area contributed by atoms with Gasteiger partial charge in [-0.3, -0.25) is 23.4 Å². The highest BCUT2D eigenvalue weighted by Gasteiger charge is 2.55. The van der Waals surface area contributed by atoms with Crippen molar-refractivity contribution in [3.05, 3.63) is 139 Å². The highest BCUT2D eigenvalue weighted by atomic mass is 28.4. The molecule has 392 valence electrons. The topological polar surface area (TPSA) is 201 Å². The first-order valence-electron chi connectivity index (χ1n) is 25.6. The molecule has 2 aromatic heterocycles. The maximum atomic E-state index is 15.4. The molecule has 4 aliphatic heterocycles. The Morgan fingerprint density at radius 3 is 1.49 bits per heavy atom. The van der Waals surface area contributed by atoms with Crippen LogP contribution in [0.15, 0.2) is 103 Å². The van der Waals surface area contributed by atoms with Crippen LogP contribution in [0.4, 0.5) is 11.6 Å². The number of hydrogen-bond donors (Lipinski definition) is 0. The number of nitrogens with zero attached hydrogens (tertiary/aromatic N) is 7. The van der Waals surface area contributed by atoms with Crippen molar-refractivity contribution < 1.29 is 37.8 Å². The van der Waals surface area contributed by atoms with Gasteiger partial charge >= 0.3 is 26.5 Å². The van der Waals surface area contributed by atoms with Gasteiger partial charge in [0.1, 0.15) is 16.7 Å². The Morgan fingerprint density at radius 1 is 0.474 bits per heavy atom. The fourth-order valence-corrected chi connectivity index (χ4v) is 13.9. The van der Waals surface area contributed by atoms with E-state index in [0.717, 1.165) is 22.3 Å². The van der Waals surface area contributed by atoms with Crippen LogP contribution in [0.2, 0.25) is 0 Å². The average Bonchev–Trinajstić information content (AvgIpc) is 4.08. The lowest BCUT2D eigenvalue weighted by atomic mass is 9.85. The lowest BCUT2D eigenvalue weighted by molar-refractivity contribution is -0.146. The van der Waals surface area contributed by atoms with Crippen molar-refractivity contribution in [2.45, 2.75) is 130 Å². The predicted octanol–water partition coefficient (Wildman–Crippen LogP) is 10.6. The van der Waals surface area contributed by atoms with E-state index in [9.17, 15) is 20.1 Å². The van der Waals surface area contributed by atoms with Crippen LogP contribution in [0, 0.1) is 0 Å². The van der Waals surface area contributed by atoms with Crippen LogP contribution in [0.1, 0.15) is 153 Å². The van der Waals surface area contributed by atoms with Gasteiger partial charge in [0.15, 0.2) is 22.9 Å². The standard InChI is InChI=1S/C59H63N8O8Si/c1-56(2,3)31-17-21-37-39(27-31)48(60)66-52(37)65-51-41-29-33(58(7,8)9)16-20-36(41)49(62-51)63-54-42-30-34(59(10,11)12)18-22-38(42)53-64-50-40-28-32(57(4,5)6)15-19-35(40)47(61-50)55(74-45(70)25-23-43(68)72-13)76(66,67(53)54)75-46(71)26-24-44(69)73-14/h15-22,27-30H,23-26H2,1-14H3,(H-,60,61,62,64)/q-1/b55-47-. The molecule has 0 fully saturated rings. The molecule has 0 amide bonds. The Kier molecular flexibility index (Phi) is 12.2. The van der Waals surface area contributed by atoms with Crippen molar-refractivity contribution in [2.24, 2.45) is 25.0 Å². The third kappa shape index (κ3) is 8.57. The van der Waals surface area contributed by atoms with Crippen molar-refractivity contribution in [2.75, 3.05) is 14.2 Å². The van der Waals surface area contributed by atoms with E-state index in [1.807, 2.05) is 60.7 Å². The summed E-state index contributed by atoms with van der Waals surface area (Å²) in [7, 11) is -2.89. The molecule has 0 spiro atoms. The number of carbonyl (C=O) groups excluding carboxylic acids is 4. The van der Waals surface area contributed by atoms with Gasteiger partial charge in [0.25, 0.3) is 5.97 Å². The maximum Gasteiger partial charge on any atom is 0.460 e. The van der Waals surface area contributed by atoms with E-state index >= 15 is 4.79 Å². The summed E-state index contributed by atoms with van der Waals surface area (Å²) >= 11 is 0. The van der Waals surface area contributed by atoms with Crippen molar-refractivity contribution in [3.8, 4) is 0 Å². The van der Waals surface area contributed by atoms with Gasteiger partial charge in [0.2, 0.25) is 0 Å². The van der Waals surface area contributed by atoms with E-state index in [1.54, 1.807) is 8.47 Å². The number of ether oxygens (including phenoxy) is 3. The predicted molar refractivity (Wildman–Crippen MR) is 295 cm³/mol. The fraction of sp³-hybridized carbons (Fsp3) is 0.373. The van der Waals surface area contributed by atoms with E-state index in [1.165, 1.54) is 14.2 Å². The van der Waals surface area contributed by atoms with Crippen molar-refractivity contribution in [3.63, 3.8) is 0 Å². The SMILES string of the molecule is COC(=O)CCC(=O)O/C1=C2/N=C(N=c3c4ccc(C(C)(C)C)cc4c4n3[Si]1(OC(=O)CCC(=O)OC)n1c([NH-])c3cc(C(C)(C)C)ccc3c1/N=C1\N=C(N=4)c3ccc(C(C)(C)C)cc31)c1cc(C(C)(C)C)ccc12. The summed E-state index contributed by atoms with van der Waals surface area (Å²) in [6.45, 7) is 25.3. The lowest BCUT2D eigenvalue weighted by Crippen LogP contribution is -2.65. The molecule has 0 aliphatic carbocycles. The van der Waals surface area contributed by atoms with E-state index < -0.39 is 45.4 Å². The third-order valence-electron chi connectivity index (χ3n) is 14.5. The Labute approximate surface area is 442 Å². The van der Waals surface area contributed by atoms with Gasteiger partial charge < -0.3 is 28.6 Å². The second-order valence-electron chi connectivity index (χ2n) is 23.9. The number of methoxy groups -OCH3 is 2. The number of carbonyl (C=O) groups is 4. The van der Waals surface area contributed by atoms with Gasteiger partial charge in [-0.05, 0) is 67.5 Å².